The molecule has 2 unspecified atom stereocenters. The van der Waals surface area contributed by atoms with Crippen LogP contribution in [0.1, 0.15) is 59.7 Å². The number of aromatic nitrogens is 3. The minimum Gasteiger partial charge on any atom is -0.347 e. The summed E-state index contributed by atoms with van der Waals surface area (Å²) in [5.74, 6) is -0.0245. The lowest BCUT2D eigenvalue weighted by molar-refractivity contribution is -0.137. The Hall–Kier alpha value is -3.69. The zero-order chi connectivity index (χ0) is 23.6. The number of hydrogen-bond donors (Lipinski definition) is 1. The van der Waals surface area contributed by atoms with Gasteiger partial charge in [0.15, 0.2) is 0 Å². The lowest BCUT2D eigenvalue weighted by Gasteiger charge is -2.22. The quantitative estimate of drug-likeness (QED) is 0.592. The molecule has 0 spiro atoms. The Morgan fingerprint density at radius 3 is 2.56 bits per heavy atom. The molecular formula is C24H21F3N6O. The third-order valence-electron chi connectivity index (χ3n) is 6.91. The van der Waals surface area contributed by atoms with E-state index in [4.69, 9.17) is 0 Å². The highest BCUT2D eigenvalue weighted by Gasteiger charge is 2.45. The standard InChI is InChI=1S/C24H21F3N6O/c1-13(34)33-20-4-5-21(33)18-8-16(2-3-17(18)20)30-23-29-10-19(24(25,26)27)22(31-23)32-11-14-6-7-28-9-15(14)12-32/h2-3,6-10,20-21H,4-5,11-12H2,1H3,(H,29,30,31). The SMILES string of the molecule is CC(=O)N1C2CCC1c1cc(Nc3ncc(C(F)(F)F)c(N4Cc5ccncc5C4)n3)ccc12. The number of anilines is 3. The Kier molecular flexibility index (Phi) is 4.55. The molecule has 174 valence electrons. The summed E-state index contributed by atoms with van der Waals surface area (Å²) < 4.78 is 41.3. The Morgan fingerprint density at radius 2 is 1.82 bits per heavy atom. The number of halogens is 3. The molecule has 0 saturated carbocycles. The first kappa shape index (κ1) is 20.9. The first-order valence-corrected chi connectivity index (χ1v) is 11.1. The van der Waals surface area contributed by atoms with E-state index in [1.807, 2.05) is 29.2 Å². The molecule has 3 aliphatic heterocycles. The molecular weight excluding hydrogens is 445 g/mol. The van der Waals surface area contributed by atoms with Crippen molar-refractivity contribution >= 4 is 23.4 Å². The maximum atomic E-state index is 13.8. The number of rotatable bonds is 3. The topological polar surface area (TPSA) is 74.2 Å². The number of nitrogens with zero attached hydrogens (tertiary/aromatic N) is 5. The van der Waals surface area contributed by atoms with Crippen LogP contribution < -0.4 is 10.2 Å². The van der Waals surface area contributed by atoms with Gasteiger partial charge in [0.1, 0.15) is 11.4 Å². The van der Waals surface area contributed by atoms with Gasteiger partial charge in [0, 0.05) is 44.3 Å². The van der Waals surface area contributed by atoms with Crippen LogP contribution in [0.15, 0.2) is 42.9 Å². The van der Waals surface area contributed by atoms with E-state index in [1.54, 1.807) is 24.2 Å². The van der Waals surface area contributed by atoms with Gasteiger partial charge in [-0.05, 0) is 53.3 Å². The second kappa shape index (κ2) is 7.41. The van der Waals surface area contributed by atoms with Crippen molar-refractivity contribution in [1.82, 2.24) is 19.9 Å². The number of carbonyl (C=O) groups is 1. The molecule has 0 aliphatic carbocycles. The molecule has 1 fully saturated rings. The third-order valence-corrected chi connectivity index (χ3v) is 6.91. The molecule has 2 bridgehead atoms. The fourth-order valence-electron chi connectivity index (χ4n) is 5.48. The highest BCUT2D eigenvalue weighted by Crippen LogP contribution is 2.53. The zero-order valence-corrected chi connectivity index (χ0v) is 18.3. The van der Waals surface area contributed by atoms with E-state index < -0.39 is 11.7 Å². The lowest BCUT2D eigenvalue weighted by atomic mass is 9.91. The molecule has 2 atom stereocenters. The third kappa shape index (κ3) is 3.27. The number of carbonyl (C=O) groups excluding carboxylic acids is 1. The average molecular weight is 466 g/mol. The van der Waals surface area contributed by atoms with Crippen molar-refractivity contribution in [2.24, 2.45) is 0 Å². The molecule has 3 aromatic rings. The van der Waals surface area contributed by atoms with Crippen molar-refractivity contribution in [3.05, 3.63) is 70.7 Å². The van der Waals surface area contributed by atoms with Gasteiger partial charge in [0.25, 0.3) is 0 Å². The zero-order valence-electron chi connectivity index (χ0n) is 18.3. The molecule has 1 aromatic carbocycles. The Labute approximate surface area is 193 Å². The number of benzene rings is 1. The van der Waals surface area contributed by atoms with Crippen molar-refractivity contribution < 1.29 is 18.0 Å². The fraction of sp³-hybridized carbons (Fsp3) is 0.333. The van der Waals surface area contributed by atoms with Crippen LogP contribution in [0.3, 0.4) is 0 Å². The molecule has 7 nitrogen and oxygen atoms in total. The maximum Gasteiger partial charge on any atom is 0.421 e. The van der Waals surface area contributed by atoms with Crippen LogP contribution in [-0.2, 0) is 24.1 Å². The summed E-state index contributed by atoms with van der Waals surface area (Å²) in [7, 11) is 0. The molecule has 5 heterocycles. The Morgan fingerprint density at radius 1 is 1.06 bits per heavy atom. The van der Waals surface area contributed by atoms with Crippen molar-refractivity contribution in [3.63, 3.8) is 0 Å². The number of alkyl halides is 3. The molecule has 1 amide bonds. The normalized spacial score (nSPS) is 20.5. The molecule has 6 rings (SSSR count). The predicted molar refractivity (Wildman–Crippen MR) is 118 cm³/mol. The van der Waals surface area contributed by atoms with E-state index >= 15 is 0 Å². The van der Waals surface area contributed by atoms with Gasteiger partial charge in [0.2, 0.25) is 11.9 Å². The van der Waals surface area contributed by atoms with Crippen molar-refractivity contribution in [1.29, 1.82) is 0 Å². The summed E-state index contributed by atoms with van der Waals surface area (Å²) in [6, 6.07) is 7.74. The second-order valence-electron chi connectivity index (χ2n) is 8.93. The minimum absolute atomic E-state index is 0.0417. The number of hydrogen-bond acceptors (Lipinski definition) is 6. The smallest absolute Gasteiger partial charge is 0.347 e. The minimum atomic E-state index is -4.58. The summed E-state index contributed by atoms with van der Waals surface area (Å²) in [4.78, 5) is 27.9. The van der Waals surface area contributed by atoms with E-state index in [1.165, 1.54) is 0 Å². The summed E-state index contributed by atoms with van der Waals surface area (Å²) in [6.45, 7) is 2.20. The summed E-state index contributed by atoms with van der Waals surface area (Å²) >= 11 is 0. The van der Waals surface area contributed by atoms with Crippen LogP contribution in [0.5, 0.6) is 0 Å². The summed E-state index contributed by atoms with van der Waals surface area (Å²) in [5.41, 5.74) is 3.82. The van der Waals surface area contributed by atoms with Gasteiger partial charge in [-0.1, -0.05) is 6.07 Å². The van der Waals surface area contributed by atoms with Crippen LogP contribution in [0.2, 0.25) is 0 Å². The van der Waals surface area contributed by atoms with Gasteiger partial charge in [-0.25, -0.2) is 4.98 Å². The number of amides is 1. The summed E-state index contributed by atoms with van der Waals surface area (Å²) in [6.07, 6.45) is 1.41. The summed E-state index contributed by atoms with van der Waals surface area (Å²) in [5, 5.41) is 3.07. The Bertz CT molecular complexity index is 1290. The highest BCUT2D eigenvalue weighted by atomic mass is 19.4. The van der Waals surface area contributed by atoms with Gasteiger partial charge in [-0.3, -0.25) is 9.78 Å². The monoisotopic (exact) mass is 466 g/mol. The molecule has 10 heteroatoms. The first-order valence-electron chi connectivity index (χ1n) is 11.1. The van der Waals surface area contributed by atoms with E-state index in [-0.39, 0.29) is 29.8 Å². The van der Waals surface area contributed by atoms with Crippen molar-refractivity contribution in [3.8, 4) is 0 Å². The average Bonchev–Trinajstić information content (AvgIpc) is 3.50. The number of fused-ring (bicyclic) bond motifs is 6. The molecule has 1 saturated heterocycles. The second-order valence-corrected chi connectivity index (χ2v) is 8.93. The molecule has 3 aliphatic rings. The van der Waals surface area contributed by atoms with Crippen LogP contribution in [0.4, 0.5) is 30.6 Å². The lowest BCUT2D eigenvalue weighted by Crippen LogP contribution is -2.24. The molecule has 1 N–H and O–H groups in total. The van der Waals surface area contributed by atoms with Gasteiger partial charge < -0.3 is 15.1 Å². The van der Waals surface area contributed by atoms with Gasteiger partial charge >= 0.3 is 6.18 Å². The maximum absolute atomic E-state index is 13.8. The van der Waals surface area contributed by atoms with Gasteiger partial charge in [0.05, 0.1) is 12.1 Å². The van der Waals surface area contributed by atoms with Crippen LogP contribution in [0, 0.1) is 0 Å². The largest absolute Gasteiger partial charge is 0.421 e. The van der Waals surface area contributed by atoms with Gasteiger partial charge in [-0.2, -0.15) is 18.2 Å². The highest BCUT2D eigenvalue weighted by molar-refractivity contribution is 5.77. The molecule has 0 radical (unpaired) electrons. The van der Waals surface area contributed by atoms with E-state index in [0.29, 0.717) is 18.8 Å². The van der Waals surface area contributed by atoms with Crippen LogP contribution >= 0.6 is 0 Å². The Balaban J connectivity index is 1.31. The van der Waals surface area contributed by atoms with Crippen molar-refractivity contribution in [2.75, 3.05) is 10.2 Å². The van der Waals surface area contributed by atoms with E-state index in [2.05, 4.69) is 20.3 Å². The molecule has 34 heavy (non-hydrogen) atoms. The van der Waals surface area contributed by atoms with Crippen LogP contribution in [0.25, 0.3) is 0 Å². The number of pyridine rings is 1. The van der Waals surface area contributed by atoms with E-state index in [9.17, 15) is 18.0 Å². The van der Waals surface area contributed by atoms with E-state index in [0.717, 1.165) is 41.3 Å². The predicted octanol–water partition coefficient (Wildman–Crippen LogP) is 4.89. The first-order chi connectivity index (χ1) is 16.3. The van der Waals surface area contributed by atoms with Gasteiger partial charge in [-0.15, -0.1) is 0 Å². The number of nitrogens with one attached hydrogen (secondary N) is 1. The molecule has 2 aromatic heterocycles. The van der Waals surface area contributed by atoms with Crippen molar-refractivity contribution in [2.45, 2.75) is 51.1 Å². The fourth-order valence-corrected chi connectivity index (χ4v) is 5.48. The van der Waals surface area contributed by atoms with Crippen LogP contribution in [-0.4, -0.2) is 25.8 Å².